The van der Waals surface area contributed by atoms with Crippen molar-refractivity contribution in [2.45, 2.75) is 12.8 Å². The molecular formula is C15H27N3O2. The number of carbonyl (C=O) groups excluding carboxylic acids is 1. The highest BCUT2D eigenvalue weighted by Gasteiger charge is 2.47. The SMILES string of the molecule is CN(C)C(=O)CN1CCC2(C1)CN(C[C@@H]1CCOC1)C2. The molecule has 20 heavy (non-hydrogen) atoms. The van der Waals surface area contributed by atoms with Gasteiger partial charge in [-0.15, -0.1) is 0 Å². The molecule has 0 aromatic rings. The summed E-state index contributed by atoms with van der Waals surface area (Å²) in [6, 6.07) is 0. The third-order valence-electron chi connectivity index (χ3n) is 5.03. The largest absolute Gasteiger partial charge is 0.381 e. The van der Waals surface area contributed by atoms with E-state index in [0.29, 0.717) is 12.0 Å². The van der Waals surface area contributed by atoms with Gasteiger partial charge in [-0.2, -0.15) is 0 Å². The summed E-state index contributed by atoms with van der Waals surface area (Å²) in [5.41, 5.74) is 0.478. The number of nitrogens with zero attached hydrogens (tertiary/aromatic N) is 3. The lowest BCUT2D eigenvalue weighted by molar-refractivity contribution is -0.129. The van der Waals surface area contributed by atoms with Crippen LogP contribution in [0.1, 0.15) is 12.8 Å². The van der Waals surface area contributed by atoms with Gasteiger partial charge in [-0.25, -0.2) is 0 Å². The van der Waals surface area contributed by atoms with Crippen LogP contribution in [-0.2, 0) is 9.53 Å². The Morgan fingerprint density at radius 3 is 2.70 bits per heavy atom. The molecule has 3 aliphatic rings. The average Bonchev–Trinajstić information content (AvgIpc) is 2.98. The van der Waals surface area contributed by atoms with Crippen LogP contribution >= 0.6 is 0 Å². The van der Waals surface area contributed by atoms with E-state index in [4.69, 9.17) is 4.74 Å². The third kappa shape index (κ3) is 3.00. The van der Waals surface area contributed by atoms with E-state index >= 15 is 0 Å². The highest BCUT2D eigenvalue weighted by Crippen LogP contribution is 2.40. The molecule has 3 heterocycles. The molecule has 1 atom stereocenters. The zero-order valence-electron chi connectivity index (χ0n) is 12.8. The second kappa shape index (κ2) is 5.62. The number of ether oxygens (including phenoxy) is 1. The summed E-state index contributed by atoms with van der Waals surface area (Å²) in [5, 5.41) is 0. The number of hydrogen-bond acceptors (Lipinski definition) is 4. The zero-order valence-corrected chi connectivity index (χ0v) is 12.8. The summed E-state index contributed by atoms with van der Waals surface area (Å²) in [6.07, 6.45) is 2.48. The molecule has 1 spiro atoms. The van der Waals surface area contributed by atoms with E-state index < -0.39 is 0 Å². The lowest BCUT2D eigenvalue weighted by Gasteiger charge is -2.49. The van der Waals surface area contributed by atoms with Crippen LogP contribution in [0, 0.1) is 11.3 Å². The fraction of sp³-hybridized carbons (Fsp3) is 0.933. The van der Waals surface area contributed by atoms with Gasteiger partial charge in [0.15, 0.2) is 0 Å². The van der Waals surface area contributed by atoms with Gasteiger partial charge in [0, 0.05) is 52.3 Å². The number of likely N-dealkylation sites (tertiary alicyclic amines) is 2. The molecule has 3 fully saturated rings. The molecule has 0 aromatic heterocycles. The molecule has 3 rings (SSSR count). The van der Waals surface area contributed by atoms with Gasteiger partial charge >= 0.3 is 0 Å². The van der Waals surface area contributed by atoms with Crippen molar-refractivity contribution >= 4 is 5.91 Å². The Hall–Kier alpha value is -0.650. The average molecular weight is 281 g/mol. The lowest BCUT2D eigenvalue weighted by atomic mass is 9.78. The molecule has 3 aliphatic heterocycles. The summed E-state index contributed by atoms with van der Waals surface area (Å²) in [4.78, 5) is 18.4. The van der Waals surface area contributed by atoms with Crippen molar-refractivity contribution in [3.05, 3.63) is 0 Å². The van der Waals surface area contributed by atoms with Crippen LogP contribution in [0.3, 0.4) is 0 Å². The number of amides is 1. The van der Waals surface area contributed by atoms with Crippen LogP contribution in [0.15, 0.2) is 0 Å². The summed E-state index contributed by atoms with van der Waals surface area (Å²) >= 11 is 0. The van der Waals surface area contributed by atoms with E-state index in [2.05, 4.69) is 9.80 Å². The Morgan fingerprint density at radius 1 is 1.30 bits per heavy atom. The van der Waals surface area contributed by atoms with Gasteiger partial charge in [0.05, 0.1) is 13.2 Å². The van der Waals surface area contributed by atoms with Gasteiger partial charge in [-0.1, -0.05) is 0 Å². The molecule has 0 aromatic carbocycles. The van der Waals surface area contributed by atoms with Gasteiger partial charge in [0.2, 0.25) is 5.91 Å². The Kier molecular flexibility index (Phi) is 4.02. The predicted molar refractivity (Wildman–Crippen MR) is 77.6 cm³/mol. The molecule has 0 radical (unpaired) electrons. The normalized spacial score (nSPS) is 29.8. The topological polar surface area (TPSA) is 36.0 Å². The predicted octanol–water partition coefficient (Wildman–Crippen LogP) is 0.119. The van der Waals surface area contributed by atoms with Crippen LogP contribution in [0.2, 0.25) is 0 Å². The highest BCUT2D eigenvalue weighted by molar-refractivity contribution is 5.77. The first kappa shape index (κ1) is 14.3. The van der Waals surface area contributed by atoms with Crippen molar-refractivity contribution in [2.75, 3.05) is 66.6 Å². The molecule has 0 aliphatic carbocycles. The first-order valence-electron chi connectivity index (χ1n) is 7.79. The summed E-state index contributed by atoms with van der Waals surface area (Å²) in [7, 11) is 3.67. The molecule has 0 bridgehead atoms. The molecule has 5 heteroatoms. The maximum atomic E-state index is 11.8. The van der Waals surface area contributed by atoms with E-state index in [0.717, 1.165) is 32.2 Å². The highest BCUT2D eigenvalue weighted by atomic mass is 16.5. The van der Waals surface area contributed by atoms with Gasteiger partial charge in [0.25, 0.3) is 0 Å². The Morgan fingerprint density at radius 2 is 2.05 bits per heavy atom. The van der Waals surface area contributed by atoms with E-state index in [1.54, 1.807) is 4.90 Å². The molecule has 0 N–H and O–H groups in total. The van der Waals surface area contributed by atoms with Crippen molar-refractivity contribution in [1.29, 1.82) is 0 Å². The smallest absolute Gasteiger partial charge is 0.236 e. The molecular weight excluding hydrogens is 254 g/mol. The Labute approximate surface area is 121 Å². The fourth-order valence-electron chi connectivity index (χ4n) is 3.88. The van der Waals surface area contributed by atoms with Crippen molar-refractivity contribution < 1.29 is 9.53 Å². The second-order valence-corrected chi connectivity index (χ2v) is 7.15. The monoisotopic (exact) mass is 281 g/mol. The van der Waals surface area contributed by atoms with E-state index in [-0.39, 0.29) is 5.91 Å². The van der Waals surface area contributed by atoms with Crippen molar-refractivity contribution in [3.8, 4) is 0 Å². The molecule has 3 saturated heterocycles. The van der Waals surface area contributed by atoms with E-state index in [1.807, 2.05) is 14.1 Å². The van der Waals surface area contributed by atoms with Crippen LogP contribution in [0.4, 0.5) is 0 Å². The van der Waals surface area contributed by atoms with Crippen LogP contribution in [0.5, 0.6) is 0 Å². The minimum Gasteiger partial charge on any atom is -0.381 e. The number of likely N-dealkylation sites (N-methyl/N-ethyl adjacent to an activating group) is 1. The molecule has 0 unspecified atom stereocenters. The first-order chi connectivity index (χ1) is 9.56. The minimum atomic E-state index is 0.223. The summed E-state index contributed by atoms with van der Waals surface area (Å²) < 4.78 is 5.45. The molecule has 0 saturated carbocycles. The minimum absolute atomic E-state index is 0.223. The first-order valence-corrected chi connectivity index (χ1v) is 7.79. The quantitative estimate of drug-likeness (QED) is 0.733. The van der Waals surface area contributed by atoms with E-state index in [9.17, 15) is 4.79 Å². The van der Waals surface area contributed by atoms with Crippen LogP contribution < -0.4 is 0 Å². The van der Waals surface area contributed by atoms with Gasteiger partial charge in [-0.05, 0) is 25.3 Å². The molecule has 1 amide bonds. The standard InChI is InChI=1S/C15H27N3O2/c1-16(2)14(19)8-17-5-4-15(10-17)11-18(12-15)7-13-3-6-20-9-13/h13H,3-12H2,1-2H3/t13-/m0/s1. The number of carbonyl (C=O) groups is 1. The summed E-state index contributed by atoms with van der Waals surface area (Å²) in [6.45, 7) is 8.32. The third-order valence-corrected chi connectivity index (χ3v) is 5.03. The van der Waals surface area contributed by atoms with Gasteiger partial charge in [0.1, 0.15) is 0 Å². The maximum absolute atomic E-state index is 11.8. The van der Waals surface area contributed by atoms with Crippen molar-refractivity contribution in [2.24, 2.45) is 11.3 Å². The van der Waals surface area contributed by atoms with Crippen LogP contribution in [-0.4, -0.2) is 87.2 Å². The number of rotatable bonds is 4. The fourth-order valence-corrected chi connectivity index (χ4v) is 3.88. The van der Waals surface area contributed by atoms with Crippen molar-refractivity contribution in [3.63, 3.8) is 0 Å². The Bertz CT molecular complexity index is 360. The van der Waals surface area contributed by atoms with Crippen molar-refractivity contribution in [1.82, 2.24) is 14.7 Å². The van der Waals surface area contributed by atoms with Gasteiger partial charge in [-0.3, -0.25) is 9.69 Å². The van der Waals surface area contributed by atoms with E-state index in [1.165, 1.54) is 32.5 Å². The molecule has 114 valence electrons. The Balaban J connectivity index is 1.41. The molecule has 5 nitrogen and oxygen atoms in total. The lowest BCUT2D eigenvalue weighted by Crippen LogP contribution is -2.58. The van der Waals surface area contributed by atoms with Crippen LogP contribution in [0.25, 0.3) is 0 Å². The van der Waals surface area contributed by atoms with Gasteiger partial charge < -0.3 is 14.5 Å². The summed E-state index contributed by atoms with van der Waals surface area (Å²) in [5.74, 6) is 0.974. The second-order valence-electron chi connectivity index (χ2n) is 7.15. The number of hydrogen-bond donors (Lipinski definition) is 0. The zero-order chi connectivity index (χ0) is 14.2. The maximum Gasteiger partial charge on any atom is 0.236 e.